The van der Waals surface area contributed by atoms with Gasteiger partial charge in [-0.1, -0.05) is 0 Å². The summed E-state index contributed by atoms with van der Waals surface area (Å²) in [6, 6.07) is 0.981. The summed E-state index contributed by atoms with van der Waals surface area (Å²) in [4.78, 5) is 2.42. The fourth-order valence-electron chi connectivity index (χ4n) is 2.47. The summed E-state index contributed by atoms with van der Waals surface area (Å²) in [6.45, 7) is 5.78. The molecule has 0 aromatic heterocycles. The first-order valence-electron chi connectivity index (χ1n) is 5.69. The molecule has 2 atom stereocenters. The molecule has 0 aromatic rings. The molecule has 0 bridgehead atoms. The molecule has 2 fully saturated rings. The van der Waals surface area contributed by atoms with Crippen LogP contribution in [0.25, 0.3) is 0 Å². The number of piperazine rings is 1. The first kappa shape index (κ1) is 10.4. The van der Waals surface area contributed by atoms with Crippen LogP contribution in [0.15, 0.2) is 0 Å². The molecular weight excluding hydrogens is 178 g/mol. The molecule has 4 heteroatoms. The van der Waals surface area contributed by atoms with Crippen molar-refractivity contribution in [3.05, 3.63) is 0 Å². The molecule has 0 saturated carbocycles. The Kier molecular flexibility index (Phi) is 3.75. The molecule has 4 nitrogen and oxygen atoms in total. The van der Waals surface area contributed by atoms with Crippen molar-refractivity contribution < 1.29 is 5.11 Å². The van der Waals surface area contributed by atoms with Crippen molar-refractivity contribution in [3.63, 3.8) is 0 Å². The van der Waals surface area contributed by atoms with Crippen LogP contribution in [0.3, 0.4) is 0 Å². The summed E-state index contributed by atoms with van der Waals surface area (Å²) in [5.74, 6) is 0. The van der Waals surface area contributed by atoms with Crippen molar-refractivity contribution in [2.24, 2.45) is 0 Å². The molecule has 0 aliphatic carbocycles. The molecule has 3 N–H and O–H groups in total. The second-order valence-electron chi connectivity index (χ2n) is 4.33. The van der Waals surface area contributed by atoms with E-state index in [-0.39, 0.29) is 0 Å². The SMILES string of the molecule is OCC1CCCN1CC1CNCCN1. The van der Waals surface area contributed by atoms with Crippen LogP contribution in [0, 0.1) is 0 Å². The molecule has 82 valence electrons. The Balaban J connectivity index is 1.77. The van der Waals surface area contributed by atoms with E-state index < -0.39 is 0 Å². The molecule has 0 aromatic carbocycles. The zero-order chi connectivity index (χ0) is 9.80. The van der Waals surface area contributed by atoms with Gasteiger partial charge in [-0.05, 0) is 19.4 Å². The highest BCUT2D eigenvalue weighted by Crippen LogP contribution is 2.16. The van der Waals surface area contributed by atoms with Crippen LogP contribution in [-0.4, -0.2) is 61.4 Å². The fourth-order valence-corrected chi connectivity index (χ4v) is 2.47. The number of rotatable bonds is 3. The quantitative estimate of drug-likeness (QED) is 0.546. The second kappa shape index (κ2) is 5.07. The Hall–Kier alpha value is -0.160. The van der Waals surface area contributed by atoms with Gasteiger partial charge < -0.3 is 15.7 Å². The third kappa shape index (κ3) is 2.45. The maximum Gasteiger partial charge on any atom is 0.0586 e. The molecule has 0 amide bonds. The van der Waals surface area contributed by atoms with Gasteiger partial charge in [-0.25, -0.2) is 0 Å². The Labute approximate surface area is 85.7 Å². The predicted octanol–water partition coefficient (Wildman–Crippen LogP) is -0.995. The summed E-state index contributed by atoms with van der Waals surface area (Å²) in [7, 11) is 0. The third-order valence-corrected chi connectivity index (χ3v) is 3.29. The summed E-state index contributed by atoms with van der Waals surface area (Å²) >= 11 is 0. The zero-order valence-corrected chi connectivity index (χ0v) is 8.71. The normalized spacial score (nSPS) is 34.9. The lowest BCUT2D eigenvalue weighted by molar-refractivity contribution is 0.144. The Bertz CT molecular complexity index is 171. The van der Waals surface area contributed by atoms with Crippen LogP contribution in [0.1, 0.15) is 12.8 Å². The smallest absolute Gasteiger partial charge is 0.0586 e. The van der Waals surface area contributed by atoms with Gasteiger partial charge in [0.1, 0.15) is 0 Å². The lowest BCUT2D eigenvalue weighted by Crippen LogP contribution is -2.54. The second-order valence-corrected chi connectivity index (χ2v) is 4.33. The van der Waals surface area contributed by atoms with Crippen LogP contribution >= 0.6 is 0 Å². The van der Waals surface area contributed by atoms with Gasteiger partial charge in [0.2, 0.25) is 0 Å². The lowest BCUT2D eigenvalue weighted by atomic mass is 10.2. The summed E-state index contributed by atoms with van der Waals surface area (Å²) in [5, 5.41) is 16.1. The van der Waals surface area contributed by atoms with E-state index >= 15 is 0 Å². The number of nitrogens with one attached hydrogen (secondary N) is 2. The molecule has 2 aliphatic rings. The van der Waals surface area contributed by atoms with E-state index in [1.54, 1.807) is 0 Å². The maximum atomic E-state index is 9.19. The summed E-state index contributed by atoms with van der Waals surface area (Å²) in [6.07, 6.45) is 2.40. The summed E-state index contributed by atoms with van der Waals surface area (Å²) < 4.78 is 0. The van der Waals surface area contributed by atoms with Crippen molar-refractivity contribution in [2.45, 2.75) is 24.9 Å². The van der Waals surface area contributed by atoms with Crippen molar-refractivity contribution >= 4 is 0 Å². The average molecular weight is 199 g/mol. The Morgan fingerprint density at radius 3 is 3.00 bits per heavy atom. The topological polar surface area (TPSA) is 47.5 Å². The van der Waals surface area contributed by atoms with Gasteiger partial charge in [-0.3, -0.25) is 4.90 Å². The average Bonchev–Trinajstić information content (AvgIpc) is 2.67. The Morgan fingerprint density at radius 2 is 2.29 bits per heavy atom. The monoisotopic (exact) mass is 199 g/mol. The molecule has 14 heavy (non-hydrogen) atoms. The molecule has 2 heterocycles. The van der Waals surface area contributed by atoms with E-state index in [1.165, 1.54) is 6.42 Å². The van der Waals surface area contributed by atoms with Crippen molar-refractivity contribution in [1.29, 1.82) is 0 Å². The minimum atomic E-state index is 0.320. The van der Waals surface area contributed by atoms with Gasteiger partial charge in [0, 0.05) is 38.3 Å². The molecule has 2 unspecified atom stereocenters. The number of aliphatic hydroxyl groups is 1. The zero-order valence-electron chi connectivity index (χ0n) is 8.71. The van der Waals surface area contributed by atoms with Crippen LogP contribution in [0.5, 0.6) is 0 Å². The molecule has 2 aliphatic heterocycles. The van der Waals surface area contributed by atoms with Gasteiger partial charge in [0.15, 0.2) is 0 Å². The molecular formula is C10H21N3O. The first-order chi connectivity index (χ1) is 6.90. The van der Waals surface area contributed by atoms with Crippen LogP contribution in [-0.2, 0) is 0 Å². The Morgan fingerprint density at radius 1 is 1.36 bits per heavy atom. The first-order valence-corrected chi connectivity index (χ1v) is 5.69. The minimum absolute atomic E-state index is 0.320. The highest BCUT2D eigenvalue weighted by Gasteiger charge is 2.26. The highest BCUT2D eigenvalue weighted by atomic mass is 16.3. The van der Waals surface area contributed by atoms with Crippen LogP contribution < -0.4 is 10.6 Å². The largest absolute Gasteiger partial charge is 0.395 e. The van der Waals surface area contributed by atoms with Crippen molar-refractivity contribution in [2.75, 3.05) is 39.3 Å². The molecule has 0 spiro atoms. The van der Waals surface area contributed by atoms with E-state index in [9.17, 15) is 5.11 Å². The standard InChI is InChI=1S/C10H21N3O/c14-8-10-2-1-5-13(10)7-9-6-11-3-4-12-9/h9-12,14H,1-8H2. The maximum absolute atomic E-state index is 9.19. The van der Waals surface area contributed by atoms with E-state index in [0.29, 0.717) is 18.7 Å². The van der Waals surface area contributed by atoms with Gasteiger partial charge in [-0.2, -0.15) is 0 Å². The van der Waals surface area contributed by atoms with E-state index in [2.05, 4.69) is 15.5 Å². The minimum Gasteiger partial charge on any atom is -0.395 e. The number of aliphatic hydroxyl groups excluding tert-OH is 1. The van der Waals surface area contributed by atoms with E-state index in [4.69, 9.17) is 0 Å². The molecule has 0 radical (unpaired) electrons. The summed E-state index contributed by atoms with van der Waals surface area (Å²) in [5.41, 5.74) is 0. The van der Waals surface area contributed by atoms with Crippen molar-refractivity contribution in [3.8, 4) is 0 Å². The van der Waals surface area contributed by atoms with Crippen LogP contribution in [0.2, 0.25) is 0 Å². The van der Waals surface area contributed by atoms with Gasteiger partial charge >= 0.3 is 0 Å². The lowest BCUT2D eigenvalue weighted by Gasteiger charge is -2.31. The third-order valence-electron chi connectivity index (χ3n) is 3.29. The number of likely N-dealkylation sites (tertiary alicyclic amines) is 1. The number of hydrogen-bond acceptors (Lipinski definition) is 4. The molecule has 2 saturated heterocycles. The molecule has 2 rings (SSSR count). The number of nitrogens with zero attached hydrogens (tertiary/aromatic N) is 1. The predicted molar refractivity (Wildman–Crippen MR) is 56.3 cm³/mol. The highest BCUT2D eigenvalue weighted by molar-refractivity contribution is 4.85. The number of hydrogen-bond donors (Lipinski definition) is 3. The fraction of sp³-hybridized carbons (Fsp3) is 1.00. The van der Waals surface area contributed by atoms with Gasteiger partial charge in [0.25, 0.3) is 0 Å². The van der Waals surface area contributed by atoms with Crippen LogP contribution in [0.4, 0.5) is 0 Å². The van der Waals surface area contributed by atoms with Gasteiger partial charge in [-0.15, -0.1) is 0 Å². The van der Waals surface area contributed by atoms with Gasteiger partial charge in [0.05, 0.1) is 6.61 Å². The van der Waals surface area contributed by atoms with Crippen molar-refractivity contribution in [1.82, 2.24) is 15.5 Å². The van der Waals surface area contributed by atoms with E-state index in [1.807, 2.05) is 0 Å². The van der Waals surface area contributed by atoms with E-state index in [0.717, 1.165) is 39.1 Å².